The average Bonchev–Trinajstić information content (AvgIpc) is 2.99. The van der Waals surface area contributed by atoms with Crippen molar-refractivity contribution >= 4 is 11.6 Å². The van der Waals surface area contributed by atoms with Crippen LogP contribution in [0, 0.1) is 0 Å². The molecule has 2 aliphatic rings. The molecule has 0 aliphatic carbocycles. The summed E-state index contributed by atoms with van der Waals surface area (Å²) in [6.07, 6.45) is 4.12. The summed E-state index contributed by atoms with van der Waals surface area (Å²) in [5.41, 5.74) is 2.17. The van der Waals surface area contributed by atoms with Gasteiger partial charge in [-0.15, -0.1) is 0 Å². The highest BCUT2D eigenvalue weighted by Gasteiger charge is 2.26. The van der Waals surface area contributed by atoms with Crippen LogP contribution in [0.15, 0.2) is 18.2 Å². The van der Waals surface area contributed by atoms with Gasteiger partial charge >= 0.3 is 0 Å². The molecule has 1 unspecified atom stereocenters. The summed E-state index contributed by atoms with van der Waals surface area (Å²) >= 11 is 0. The lowest BCUT2D eigenvalue weighted by molar-refractivity contribution is -0.119. The lowest BCUT2D eigenvalue weighted by Gasteiger charge is -2.24. The Labute approximate surface area is 113 Å². The van der Waals surface area contributed by atoms with Crippen molar-refractivity contribution in [3.8, 4) is 5.75 Å². The van der Waals surface area contributed by atoms with Crippen molar-refractivity contribution in [3.63, 3.8) is 0 Å². The topological polar surface area (TPSA) is 41.6 Å². The van der Waals surface area contributed by atoms with Crippen LogP contribution in [0.1, 0.15) is 24.8 Å². The van der Waals surface area contributed by atoms with Crippen molar-refractivity contribution in [2.75, 3.05) is 25.1 Å². The van der Waals surface area contributed by atoms with E-state index in [-0.39, 0.29) is 11.9 Å². The van der Waals surface area contributed by atoms with Crippen molar-refractivity contribution in [3.05, 3.63) is 23.8 Å². The largest absolute Gasteiger partial charge is 0.493 e. The number of ether oxygens (including phenoxy) is 1. The fourth-order valence-electron chi connectivity index (χ4n) is 2.81. The molecule has 2 aliphatic heterocycles. The first-order valence-electron chi connectivity index (χ1n) is 7.02. The molecular formula is C15H20N2O2. The van der Waals surface area contributed by atoms with E-state index in [1.165, 1.54) is 5.56 Å². The summed E-state index contributed by atoms with van der Waals surface area (Å²) in [6, 6.07) is 6.02. The zero-order valence-electron chi connectivity index (χ0n) is 11.3. The van der Waals surface area contributed by atoms with Gasteiger partial charge in [0, 0.05) is 12.7 Å². The van der Waals surface area contributed by atoms with Gasteiger partial charge in [-0.2, -0.15) is 0 Å². The summed E-state index contributed by atoms with van der Waals surface area (Å²) in [5.74, 6) is 1.13. The molecule has 1 fully saturated rings. The molecule has 1 atom stereocenters. The van der Waals surface area contributed by atoms with Crippen LogP contribution in [-0.2, 0) is 11.2 Å². The summed E-state index contributed by atoms with van der Waals surface area (Å²) < 4.78 is 5.60. The number of benzene rings is 1. The van der Waals surface area contributed by atoms with E-state index in [1.807, 2.05) is 19.2 Å². The number of aryl methyl sites for hydroxylation is 1. The van der Waals surface area contributed by atoms with Crippen molar-refractivity contribution in [1.29, 1.82) is 0 Å². The number of hydrogen-bond acceptors (Lipinski definition) is 3. The maximum Gasteiger partial charge on any atom is 0.243 e. The number of likely N-dealkylation sites (N-methyl/N-ethyl adjacent to an activating group) is 1. The van der Waals surface area contributed by atoms with Crippen LogP contribution >= 0.6 is 0 Å². The molecule has 4 nitrogen and oxygen atoms in total. The van der Waals surface area contributed by atoms with E-state index in [4.69, 9.17) is 4.74 Å². The van der Waals surface area contributed by atoms with Crippen molar-refractivity contribution < 1.29 is 9.53 Å². The van der Waals surface area contributed by atoms with E-state index in [1.54, 1.807) is 4.90 Å². The molecule has 3 rings (SSSR count). The van der Waals surface area contributed by atoms with Crippen LogP contribution in [0.2, 0.25) is 0 Å². The highest BCUT2D eigenvalue weighted by Crippen LogP contribution is 2.29. The molecule has 2 heterocycles. The maximum atomic E-state index is 12.3. The van der Waals surface area contributed by atoms with Crippen molar-refractivity contribution in [2.45, 2.75) is 31.7 Å². The summed E-state index contributed by atoms with van der Waals surface area (Å²) in [5, 5.41) is 3.25. The summed E-state index contributed by atoms with van der Waals surface area (Å²) in [4.78, 5) is 14.1. The molecule has 0 saturated carbocycles. The number of nitrogens with one attached hydrogen (secondary N) is 1. The minimum Gasteiger partial charge on any atom is -0.493 e. The Morgan fingerprint density at radius 1 is 1.42 bits per heavy atom. The minimum absolute atomic E-state index is 0.0164. The highest BCUT2D eigenvalue weighted by molar-refractivity contribution is 5.97. The van der Waals surface area contributed by atoms with Gasteiger partial charge in [-0.1, -0.05) is 0 Å². The number of fused-ring (bicyclic) bond motifs is 1. The van der Waals surface area contributed by atoms with Crippen molar-refractivity contribution in [1.82, 2.24) is 5.32 Å². The molecule has 1 aromatic rings. The summed E-state index contributed by atoms with van der Waals surface area (Å²) in [6.45, 7) is 1.75. The fourth-order valence-corrected chi connectivity index (χ4v) is 2.81. The lowest BCUT2D eigenvalue weighted by Crippen LogP contribution is -2.41. The number of carbonyl (C=O) groups is 1. The number of rotatable bonds is 2. The second-order valence-electron chi connectivity index (χ2n) is 5.29. The third kappa shape index (κ3) is 2.45. The zero-order chi connectivity index (χ0) is 13.2. The number of carbonyl (C=O) groups excluding carboxylic acids is 1. The molecule has 19 heavy (non-hydrogen) atoms. The van der Waals surface area contributed by atoms with E-state index in [0.29, 0.717) is 0 Å². The Morgan fingerprint density at radius 2 is 2.32 bits per heavy atom. The minimum atomic E-state index is -0.0164. The third-order valence-electron chi connectivity index (χ3n) is 3.97. The molecule has 1 saturated heterocycles. The second-order valence-corrected chi connectivity index (χ2v) is 5.29. The Bertz CT molecular complexity index is 481. The monoisotopic (exact) mass is 260 g/mol. The van der Waals surface area contributed by atoms with Gasteiger partial charge in [-0.3, -0.25) is 4.79 Å². The normalized spacial score (nSPS) is 21.6. The van der Waals surface area contributed by atoms with E-state index in [2.05, 4.69) is 11.4 Å². The molecule has 4 heteroatoms. The van der Waals surface area contributed by atoms with Crippen LogP contribution in [0.5, 0.6) is 5.75 Å². The standard InChI is InChI=1S/C15H20N2O2/c1-17(15(18)13-5-2-8-16-13)12-6-7-14-11(10-12)4-3-9-19-14/h6-7,10,13,16H,2-5,8-9H2,1H3. The van der Waals surface area contributed by atoms with E-state index >= 15 is 0 Å². The molecule has 1 N–H and O–H groups in total. The smallest absolute Gasteiger partial charge is 0.243 e. The van der Waals surface area contributed by atoms with Gasteiger partial charge in [-0.25, -0.2) is 0 Å². The first kappa shape index (κ1) is 12.5. The predicted molar refractivity (Wildman–Crippen MR) is 74.7 cm³/mol. The van der Waals surface area contributed by atoms with Gasteiger partial charge in [0.1, 0.15) is 5.75 Å². The van der Waals surface area contributed by atoms with Crippen molar-refractivity contribution in [2.24, 2.45) is 0 Å². The molecule has 102 valence electrons. The molecule has 0 spiro atoms. The van der Waals surface area contributed by atoms with E-state index in [9.17, 15) is 4.79 Å². The van der Waals surface area contributed by atoms with Crippen LogP contribution in [0.25, 0.3) is 0 Å². The van der Waals surface area contributed by atoms with Crippen LogP contribution in [0.3, 0.4) is 0 Å². The van der Waals surface area contributed by atoms with E-state index in [0.717, 1.165) is 50.3 Å². The number of amides is 1. The lowest BCUT2D eigenvalue weighted by atomic mass is 10.0. The number of hydrogen-bond donors (Lipinski definition) is 1. The Balaban J connectivity index is 1.79. The highest BCUT2D eigenvalue weighted by atomic mass is 16.5. The van der Waals surface area contributed by atoms with Crippen LogP contribution in [-0.4, -0.2) is 32.1 Å². The molecule has 1 amide bonds. The quantitative estimate of drug-likeness (QED) is 0.880. The molecule has 0 bridgehead atoms. The van der Waals surface area contributed by atoms with Gasteiger partial charge in [0.05, 0.1) is 12.6 Å². The second kappa shape index (κ2) is 5.21. The van der Waals surface area contributed by atoms with Crippen LogP contribution < -0.4 is 15.0 Å². The molecule has 1 aromatic carbocycles. The number of nitrogens with zero attached hydrogens (tertiary/aromatic N) is 1. The van der Waals surface area contributed by atoms with Gasteiger partial charge in [0.15, 0.2) is 0 Å². The first-order valence-corrected chi connectivity index (χ1v) is 7.02. The number of anilines is 1. The Hall–Kier alpha value is -1.55. The Kier molecular flexibility index (Phi) is 3.42. The molecular weight excluding hydrogens is 240 g/mol. The Morgan fingerprint density at radius 3 is 3.11 bits per heavy atom. The van der Waals surface area contributed by atoms with Gasteiger partial charge < -0.3 is 15.0 Å². The van der Waals surface area contributed by atoms with E-state index < -0.39 is 0 Å². The third-order valence-corrected chi connectivity index (χ3v) is 3.97. The molecule has 0 aromatic heterocycles. The fraction of sp³-hybridized carbons (Fsp3) is 0.533. The maximum absolute atomic E-state index is 12.3. The predicted octanol–water partition coefficient (Wildman–Crippen LogP) is 1.73. The van der Waals surface area contributed by atoms with Gasteiger partial charge in [0.2, 0.25) is 5.91 Å². The average molecular weight is 260 g/mol. The van der Waals surface area contributed by atoms with Gasteiger partial charge in [-0.05, 0) is 56.0 Å². The zero-order valence-corrected chi connectivity index (χ0v) is 11.3. The molecule has 0 radical (unpaired) electrons. The SMILES string of the molecule is CN(C(=O)C1CCCN1)c1ccc2c(c1)CCCO2. The first-order chi connectivity index (χ1) is 9.25. The summed E-state index contributed by atoms with van der Waals surface area (Å²) in [7, 11) is 1.85. The van der Waals surface area contributed by atoms with Crippen LogP contribution in [0.4, 0.5) is 5.69 Å². The van der Waals surface area contributed by atoms with Gasteiger partial charge in [0.25, 0.3) is 0 Å².